The summed E-state index contributed by atoms with van der Waals surface area (Å²) < 4.78 is 14.2. The van der Waals surface area contributed by atoms with E-state index in [2.05, 4.69) is 27.9 Å². The van der Waals surface area contributed by atoms with E-state index in [1.54, 1.807) is 6.07 Å². The predicted octanol–water partition coefficient (Wildman–Crippen LogP) is 4.17. The van der Waals surface area contributed by atoms with Crippen LogP contribution in [0.15, 0.2) is 18.2 Å². The van der Waals surface area contributed by atoms with E-state index in [1.165, 1.54) is 29.4 Å². The van der Waals surface area contributed by atoms with Crippen LogP contribution >= 0.6 is 34.2 Å². The maximum absolute atomic E-state index is 12.9. The van der Waals surface area contributed by atoms with Gasteiger partial charge in [-0.2, -0.15) is 0 Å². The Kier molecular flexibility index (Phi) is 7.32. The minimum absolute atomic E-state index is 0.230. The summed E-state index contributed by atoms with van der Waals surface area (Å²) in [6.45, 7) is 1.60. The topological polar surface area (TPSA) is 12.0 Å². The molecule has 90 valence electrons. The summed E-state index contributed by atoms with van der Waals surface area (Å²) in [5, 5.41) is 3.90. The van der Waals surface area contributed by atoms with Crippen molar-refractivity contribution in [2.45, 2.75) is 25.8 Å². The molecule has 1 aromatic carbocycles. The van der Waals surface area contributed by atoms with Crippen molar-refractivity contribution in [3.63, 3.8) is 0 Å². The molecule has 0 spiro atoms. The van der Waals surface area contributed by atoms with Crippen LogP contribution in [0.25, 0.3) is 0 Å². The first-order valence-electron chi connectivity index (χ1n) is 5.44. The van der Waals surface area contributed by atoms with E-state index < -0.39 is 0 Å². The molecule has 4 heteroatoms. The Morgan fingerprint density at radius 2 is 2.06 bits per heavy atom. The molecule has 0 saturated carbocycles. The van der Waals surface area contributed by atoms with Gasteiger partial charge >= 0.3 is 0 Å². The van der Waals surface area contributed by atoms with Gasteiger partial charge in [-0.3, -0.25) is 0 Å². The van der Waals surface area contributed by atoms with Gasteiger partial charge in [-0.25, -0.2) is 4.39 Å². The fourth-order valence-corrected chi connectivity index (χ4v) is 2.15. The first kappa shape index (κ1) is 14.2. The third kappa shape index (κ3) is 5.46. The van der Waals surface area contributed by atoms with Crippen molar-refractivity contribution in [2.75, 3.05) is 11.0 Å². The number of halogens is 3. The Morgan fingerprint density at radius 1 is 1.25 bits per heavy atom. The maximum atomic E-state index is 12.9. The zero-order valence-corrected chi connectivity index (χ0v) is 12.0. The molecule has 1 aromatic rings. The molecule has 0 heterocycles. The van der Waals surface area contributed by atoms with Crippen LogP contribution < -0.4 is 5.32 Å². The Bertz CT molecular complexity index is 320. The van der Waals surface area contributed by atoms with Crippen LogP contribution in [0.3, 0.4) is 0 Å². The molecule has 0 amide bonds. The van der Waals surface area contributed by atoms with Gasteiger partial charge in [0, 0.05) is 11.6 Å². The summed E-state index contributed by atoms with van der Waals surface area (Å²) in [4.78, 5) is 0. The lowest BCUT2D eigenvalue weighted by Gasteiger charge is -2.06. The molecule has 0 aromatic heterocycles. The fraction of sp³-hybridized carbons (Fsp3) is 0.500. The number of alkyl halides is 1. The van der Waals surface area contributed by atoms with Crippen molar-refractivity contribution in [3.8, 4) is 0 Å². The minimum Gasteiger partial charge on any atom is -0.313 e. The number of rotatable bonds is 7. The van der Waals surface area contributed by atoms with Crippen LogP contribution in [-0.2, 0) is 6.54 Å². The van der Waals surface area contributed by atoms with Crippen molar-refractivity contribution in [1.82, 2.24) is 5.32 Å². The number of hydrogen-bond acceptors (Lipinski definition) is 1. The Hall–Kier alpha value is 0.130. The second-order valence-corrected chi connectivity index (χ2v) is 5.15. The van der Waals surface area contributed by atoms with Gasteiger partial charge in [-0.05, 0) is 47.6 Å². The molecule has 0 fully saturated rings. The average Bonchev–Trinajstić information content (AvgIpc) is 2.28. The smallest absolute Gasteiger partial charge is 0.123 e. The van der Waals surface area contributed by atoms with Gasteiger partial charge in [-0.1, -0.05) is 40.6 Å². The van der Waals surface area contributed by atoms with Gasteiger partial charge in [0.2, 0.25) is 0 Å². The first-order valence-corrected chi connectivity index (χ1v) is 7.35. The molecular weight excluding hydrogens is 339 g/mol. The summed E-state index contributed by atoms with van der Waals surface area (Å²) in [7, 11) is 0. The van der Waals surface area contributed by atoms with Crippen molar-refractivity contribution in [2.24, 2.45) is 0 Å². The highest BCUT2D eigenvalue weighted by atomic mass is 127. The van der Waals surface area contributed by atoms with Crippen molar-refractivity contribution in [1.29, 1.82) is 0 Å². The van der Waals surface area contributed by atoms with Crippen molar-refractivity contribution >= 4 is 34.2 Å². The van der Waals surface area contributed by atoms with Gasteiger partial charge in [-0.15, -0.1) is 0 Å². The molecule has 16 heavy (non-hydrogen) atoms. The molecule has 0 aliphatic carbocycles. The third-order valence-corrected chi connectivity index (χ3v) is 3.44. The van der Waals surface area contributed by atoms with Crippen LogP contribution in [0.1, 0.15) is 24.8 Å². The fourth-order valence-electron chi connectivity index (χ4n) is 1.42. The van der Waals surface area contributed by atoms with E-state index in [0.717, 1.165) is 18.5 Å². The first-order chi connectivity index (χ1) is 7.74. The lowest BCUT2D eigenvalue weighted by atomic mass is 10.2. The second-order valence-electron chi connectivity index (χ2n) is 3.66. The normalized spacial score (nSPS) is 10.7. The molecule has 0 radical (unpaired) electrons. The Morgan fingerprint density at radius 3 is 2.81 bits per heavy atom. The zero-order valence-electron chi connectivity index (χ0n) is 9.11. The standard InChI is InChI=1S/C12H16ClFIN/c13-12-5-4-11(14)8-10(12)9-16-7-3-1-2-6-15/h4-5,8,16H,1-3,6-7,9H2. The summed E-state index contributed by atoms with van der Waals surface area (Å²) in [6, 6.07) is 4.47. The Balaban J connectivity index is 2.23. The van der Waals surface area contributed by atoms with E-state index in [0.29, 0.717) is 11.6 Å². The van der Waals surface area contributed by atoms with Crippen LogP contribution in [-0.4, -0.2) is 11.0 Å². The molecule has 0 aliphatic rings. The molecule has 1 N–H and O–H groups in total. The van der Waals surface area contributed by atoms with E-state index >= 15 is 0 Å². The highest BCUT2D eigenvalue weighted by molar-refractivity contribution is 14.1. The molecular formula is C12H16ClFIN. The van der Waals surface area contributed by atoms with Gasteiger partial charge in [0.1, 0.15) is 5.82 Å². The zero-order chi connectivity index (χ0) is 11.8. The number of hydrogen-bond donors (Lipinski definition) is 1. The quantitative estimate of drug-likeness (QED) is 0.440. The van der Waals surface area contributed by atoms with Gasteiger partial charge in [0.15, 0.2) is 0 Å². The summed E-state index contributed by atoms with van der Waals surface area (Å²) in [5.41, 5.74) is 0.829. The average molecular weight is 356 g/mol. The minimum atomic E-state index is -0.230. The van der Waals surface area contributed by atoms with Crippen LogP contribution in [0.5, 0.6) is 0 Å². The highest BCUT2D eigenvalue weighted by Crippen LogP contribution is 2.16. The van der Waals surface area contributed by atoms with Crippen LogP contribution in [0.4, 0.5) is 4.39 Å². The number of nitrogens with one attached hydrogen (secondary N) is 1. The third-order valence-electron chi connectivity index (χ3n) is 2.31. The molecule has 0 aliphatic heterocycles. The van der Waals surface area contributed by atoms with Gasteiger partial charge < -0.3 is 5.32 Å². The van der Waals surface area contributed by atoms with Crippen molar-refractivity contribution in [3.05, 3.63) is 34.6 Å². The maximum Gasteiger partial charge on any atom is 0.123 e. The summed E-state index contributed by atoms with van der Waals surface area (Å²) >= 11 is 8.34. The summed E-state index contributed by atoms with van der Waals surface area (Å²) in [6.07, 6.45) is 3.67. The molecule has 0 saturated heterocycles. The highest BCUT2D eigenvalue weighted by Gasteiger charge is 2.01. The summed E-state index contributed by atoms with van der Waals surface area (Å²) in [5.74, 6) is -0.230. The van der Waals surface area contributed by atoms with E-state index in [9.17, 15) is 4.39 Å². The predicted molar refractivity (Wildman–Crippen MR) is 75.9 cm³/mol. The van der Waals surface area contributed by atoms with Gasteiger partial charge in [0.25, 0.3) is 0 Å². The molecule has 1 rings (SSSR count). The van der Waals surface area contributed by atoms with Crippen LogP contribution in [0.2, 0.25) is 5.02 Å². The molecule has 0 bridgehead atoms. The molecule has 1 nitrogen and oxygen atoms in total. The van der Waals surface area contributed by atoms with E-state index in [-0.39, 0.29) is 5.82 Å². The van der Waals surface area contributed by atoms with Crippen LogP contribution in [0, 0.1) is 5.82 Å². The molecule has 0 atom stereocenters. The second kappa shape index (κ2) is 8.25. The molecule has 0 unspecified atom stereocenters. The Labute approximate surface area is 115 Å². The number of unbranched alkanes of at least 4 members (excludes halogenated alkanes) is 2. The van der Waals surface area contributed by atoms with E-state index in [4.69, 9.17) is 11.6 Å². The largest absolute Gasteiger partial charge is 0.313 e. The monoisotopic (exact) mass is 355 g/mol. The van der Waals surface area contributed by atoms with Gasteiger partial charge in [0.05, 0.1) is 0 Å². The lowest BCUT2D eigenvalue weighted by molar-refractivity contribution is 0.606. The van der Waals surface area contributed by atoms with E-state index in [1.807, 2.05) is 0 Å². The number of benzene rings is 1. The lowest BCUT2D eigenvalue weighted by Crippen LogP contribution is -2.15. The van der Waals surface area contributed by atoms with Crippen molar-refractivity contribution < 1.29 is 4.39 Å². The SMILES string of the molecule is Fc1ccc(Cl)c(CNCCCCCI)c1.